The lowest BCUT2D eigenvalue weighted by molar-refractivity contribution is -0.118. The monoisotopic (exact) mass is 443 g/mol. The lowest BCUT2D eigenvalue weighted by Crippen LogP contribution is -2.20. The Morgan fingerprint density at radius 1 is 1.00 bits per heavy atom. The van der Waals surface area contributed by atoms with Crippen LogP contribution in [0.25, 0.3) is 0 Å². The van der Waals surface area contributed by atoms with E-state index in [-0.39, 0.29) is 28.6 Å². The first-order valence-electron chi connectivity index (χ1n) is 8.98. The number of halogens is 3. The molecule has 0 heterocycles. The van der Waals surface area contributed by atoms with E-state index in [0.29, 0.717) is 5.56 Å². The fraction of sp³-hybridized carbons (Fsp3) is 0.0455. The van der Waals surface area contributed by atoms with E-state index in [0.717, 1.165) is 0 Å². The Morgan fingerprint density at radius 2 is 1.71 bits per heavy atom. The number of hydrazone groups is 1. The molecular weight excluding hydrogens is 428 g/mol. The molecule has 0 aromatic heterocycles. The Balaban J connectivity index is 1.54. The highest BCUT2D eigenvalue weighted by atomic mass is 35.5. The van der Waals surface area contributed by atoms with Gasteiger partial charge in [0.25, 0.3) is 11.8 Å². The molecule has 0 aliphatic rings. The van der Waals surface area contributed by atoms with Crippen molar-refractivity contribution >= 4 is 35.3 Å². The molecule has 0 saturated heterocycles. The highest BCUT2D eigenvalue weighted by Crippen LogP contribution is 2.25. The largest absolute Gasteiger partial charge is 0.482 e. The normalized spacial score (nSPS) is 10.7. The molecule has 31 heavy (non-hydrogen) atoms. The number of anilines is 1. The molecule has 2 amide bonds. The Bertz CT molecular complexity index is 1140. The number of ether oxygens (including phenoxy) is 1. The third-order valence-electron chi connectivity index (χ3n) is 3.96. The van der Waals surface area contributed by atoms with Crippen LogP contribution in [0, 0.1) is 11.6 Å². The molecule has 2 N–H and O–H groups in total. The fourth-order valence-electron chi connectivity index (χ4n) is 2.48. The minimum absolute atomic E-state index is 0.0474. The van der Waals surface area contributed by atoms with E-state index in [1.165, 1.54) is 60.8 Å². The Morgan fingerprint density at radius 3 is 2.42 bits per heavy atom. The molecule has 0 aliphatic carbocycles. The lowest BCUT2D eigenvalue weighted by Gasteiger charge is -2.09. The number of para-hydroxylation sites is 1. The number of rotatable bonds is 7. The van der Waals surface area contributed by atoms with E-state index in [2.05, 4.69) is 15.8 Å². The van der Waals surface area contributed by atoms with Gasteiger partial charge in [0.1, 0.15) is 17.4 Å². The van der Waals surface area contributed by atoms with Crippen molar-refractivity contribution in [1.29, 1.82) is 0 Å². The number of nitrogens with one attached hydrogen (secondary N) is 2. The SMILES string of the molecule is O=C(COc1ccc(/C=N\NC(=O)c2ccccc2F)cc1Cl)Nc1ccccc1F. The summed E-state index contributed by atoms with van der Waals surface area (Å²) in [6, 6.07) is 15.9. The van der Waals surface area contributed by atoms with Gasteiger partial charge in [0.15, 0.2) is 6.61 Å². The van der Waals surface area contributed by atoms with E-state index < -0.39 is 23.4 Å². The van der Waals surface area contributed by atoms with Crippen LogP contribution in [0.2, 0.25) is 5.02 Å². The predicted molar refractivity (Wildman–Crippen MR) is 113 cm³/mol. The van der Waals surface area contributed by atoms with Gasteiger partial charge in [0, 0.05) is 0 Å². The van der Waals surface area contributed by atoms with Crippen LogP contribution in [0.3, 0.4) is 0 Å². The first-order valence-corrected chi connectivity index (χ1v) is 9.36. The van der Waals surface area contributed by atoms with E-state index >= 15 is 0 Å². The first kappa shape index (κ1) is 21.9. The third-order valence-corrected chi connectivity index (χ3v) is 4.26. The molecule has 0 unspecified atom stereocenters. The van der Waals surface area contributed by atoms with Gasteiger partial charge in [-0.15, -0.1) is 0 Å². The molecule has 0 atom stereocenters. The van der Waals surface area contributed by atoms with Gasteiger partial charge in [0.2, 0.25) is 0 Å². The van der Waals surface area contributed by atoms with Gasteiger partial charge in [-0.1, -0.05) is 35.9 Å². The summed E-state index contributed by atoms with van der Waals surface area (Å²) in [6.45, 7) is -0.375. The molecule has 0 fully saturated rings. The minimum Gasteiger partial charge on any atom is -0.482 e. The van der Waals surface area contributed by atoms with Crippen LogP contribution >= 0.6 is 11.6 Å². The molecule has 0 saturated carbocycles. The number of hydrogen-bond acceptors (Lipinski definition) is 4. The highest BCUT2D eigenvalue weighted by Gasteiger charge is 2.10. The predicted octanol–water partition coefficient (Wildman–Crippen LogP) is 4.40. The maximum atomic E-state index is 13.6. The number of amides is 2. The maximum Gasteiger partial charge on any atom is 0.274 e. The molecular formula is C22H16ClF2N3O3. The van der Waals surface area contributed by atoms with Crippen LogP contribution in [0.15, 0.2) is 71.8 Å². The third kappa shape index (κ3) is 6.10. The molecule has 0 aliphatic heterocycles. The van der Waals surface area contributed by atoms with Gasteiger partial charge in [0.05, 0.1) is 22.5 Å². The van der Waals surface area contributed by atoms with Crippen molar-refractivity contribution in [3.63, 3.8) is 0 Å². The summed E-state index contributed by atoms with van der Waals surface area (Å²) in [4.78, 5) is 23.8. The van der Waals surface area contributed by atoms with Crippen LogP contribution < -0.4 is 15.5 Å². The summed E-state index contributed by atoms with van der Waals surface area (Å²) < 4.78 is 32.5. The molecule has 3 aromatic carbocycles. The number of carbonyl (C=O) groups is 2. The standard InChI is InChI=1S/C22H16ClF2N3O3/c23-16-11-14(12-26-28-22(30)15-5-1-2-6-17(15)24)9-10-20(16)31-13-21(29)27-19-8-4-3-7-18(19)25/h1-12H,13H2,(H,27,29)(H,28,30)/b26-12-. The zero-order valence-electron chi connectivity index (χ0n) is 15.9. The molecule has 158 valence electrons. The fourth-order valence-corrected chi connectivity index (χ4v) is 2.72. The smallest absolute Gasteiger partial charge is 0.274 e. The summed E-state index contributed by atoms with van der Waals surface area (Å²) in [7, 11) is 0. The Kier molecular flexibility index (Phi) is 7.29. The second-order valence-electron chi connectivity index (χ2n) is 6.19. The van der Waals surface area contributed by atoms with Gasteiger partial charge in [-0.05, 0) is 48.0 Å². The highest BCUT2D eigenvalue weighted by molar-refractivity contribution is 6.32. The van der Waals surface area contributed by atoms with Crippen LogP contribution in [-0.2, 0) is 4.79 Å². The second-order valence-corrected chi connectivity index (χ2v) is 6.59. The van der Waals surface area contributed by atoms with Gasteiger partial charge in [-0.3, -0.25) is 9.59 Å². The quantitative estimate of drug-likeness (QED) is 0.419. The van der Waals surface area contributed by atoms with Crippen LogP contribution in [-0.4, -0.2) is 24.6 Å². The summed E-state index contributed by atoms with van der Waals surface area (Å²) in [5, 5.41) is 6.36. The van der Waals surface area contributed by atoms with Crippen LogP contribution in [0.1, 0.15) is 15.9 Å². The average molecular weight is 444 g/mol. The number of nitrogens with zero attached hydrogens (tertiary/aromatic N) is 1. The minimum atomic E-state index is -0.693. The number of hydrogen-bond donors (Lipinski definition) is 2. The van der Waals surface area contributed by atoms with E-state index in [9.17, 15) is 18.4 Å². The molecule has 0 spiro atoms. The zero-order chi connectivity index (χ0) is 22.2. The summed E-state index contributed by atoms with van der Waals surface area (Å²) >= 11 is 6.14. The molecule has 0 bridgehead atoms. The average Bonchev–Trinajstić information content (AvgIpc) is 2.75. The zero-order valence-corrected chi connectivity index (χ0v) is 16.7. The molecule has 9 heteroatoms. The van der Waals surface area contributed by atoms with Crippen molar-refractivity contribution in [2.75, 3.05) is 11.9 Å². The van der Waals surface area contributed by atoms with Crippen molar-refractivity contribution in [3.05, 3.63) is 94.5 Å². The first-order chi connectivity index (χ1) is 14.9. The van der Waals surface area contributed by atoms with Crippen molar-refractivity contribution < 1.29 is 23.1 Å². The summed E-state index contributed by atoms with van der Waals surface area (Å²) in [5.41, 5.74) is 2.67. The van der Waals surface area contributed by atoms with Crippen molar-refractivity contribution in [1.82, 2.24) is 5.43 Å². The van der Waals surface area contributed by atoms with E-state index in [4.69, 9.17) is 16.3 Å². The maximum absolute atomic E-state index is 13.6. The van der Waals surface area contributed by atoms with Gasteiger partial charge < -0.3 is 10.1 Å². The van der Waals surface area contributed by atoms with Gasteiger partial charge >= 0.3 is 0 Å². The van der Waals surface area contributed by atoms with Crippen molar-refractivity contribution in [2.24, 2.45) is 5.10 Å². The summed E-state index contributed by atoms with van der Waals surface area (Å²) in [6.07, 6.45) is 1.32. The van der Waals surface area contributed by atoms with Crippen molar-refractivity contribution in [2.45, 2.75) is 0 Å². The van der Waals surface area contributed by atoms with Crippen LogP contribution in [0.5, 0.6) is 5.75 Å². The topological polar surface area (TPSA) is 79.8 Å². The molecule has 3 rings (SSSR count). The van der Waals surface area contributed by atoms with Crippen molar-refractivity contribution in [3.8, 4) is 5.75 Å². The molecule has 0 radical (unpaired) electrons. The summed E-state index contributed by atoms with van der Waals surface area (Å²) in [5.74, 6) is -2.22. The van der Waals surface area contributed by atoms with E-state index in [1.54, 1.807) is 12.1 Å². The van der Waals surface area contributed by atoms with Gasteiger partial charge in [-0.25, -0.2) is 14.2 Å². The Hall–Kier alpha value is -3.78. The Labute approximate surface area is 181 Å². The lowest BCUT2D eigenvalue weighted by atomic mass is 10.2. The van der Waals surface area contributed by atoms with Crippen LogP contribution in [0.4, 0.5) is 14.5 Å². The molecule has 6 nitrogen and oxygen atoms in total. The van der Waals surface area contributed by atoms with Gasteiger partial charge in [-0.2, -0.15) is 5.10 Å². The molecule has 3 aromatic rings. The second kappa shape index (κ2) is 10.3. The van der Waals surface area contributed by atoms with E-state index in [1.807, 2.05) is 0 Å². The number of carbonyl (C=O) groups excluding carboxylic acids is 2. The number of benzene rings is 3.